The summed E-state index contributed by atoms with van der Waals surface area (Å²) in [6.45, 7) is 0.803. The molecule has 3 aromatic carbocycles. The van der Waals surface area contributed by atoms with E-state index in [1.165, 1.54) is 0 Å². The molecular formula is C23H21BrN2O5. The van der Waals surface area contributed by atoms with E-state index < -0.39 is 18.5 Å². The van der Waals surface area contributed by atoms with Crippen LogP contribution in [0.25, 0.3) is 10.8 Å². The molecule has 0 spiro atoms. The third kappa shape index (κ3) is 6.82. The molecule has 31 heavy (non-hydrogen) atoms. The number of aryl methyl sites for hydroxylation is 1. The Morgan fingerprint density at radius 2 is 1.68 bits per heavy atom. The summed E-state index contributed by atoms with van der Waals surface area (Å²) in [5.74, 6) is -1.12. The Labute approximate surface area is 187 Å². The van der Waals surface area contributed by atoms with Crippen LogP contribution in [0.4, 0.5) is 5.69 Å². The highest BCUT2D eigenvalue weighted by Gasteiger charge is 2.11. The molecule has 3 rings (SSSR count). The number of amides is 2. The number of anilines is 1. The van der Waals surface area contributed by atoms with E-state index in [1.54, 1.807) is 18.2 Å². The molecule has 0 aliphatic heterocycles. The molecule has 0 aliphatic carbocycles. The van der Waals surface area contributed by atoms with E-state index in [2.05, 4.69) is 26.6 Å². The molecule has 2 amide bonds. The van der Waals surface area contributed by atoms with Crippen LogP contribution in [0.15, 0.2) is 65.1 Å². The van der Waals surface area contributed by atoms with Crippen molar-refractivity contribution in [3.63, 3.8) is 0 Å². The molecule has 3 aromatic rings. The number of halogens is 1. The van der Waals surface area contributed by atoms with Crippen molar-refractivity contribution in [3.05, 3.63) is 70.7 Å². The van der Waals surface area contributed by atoms with Crippen LogP contribution >= 0.6 is 15.9 Å². The zero-order valence-electron chi connectivity index (χ0n) is 16.8. The Morgan fingerprint density at radius 1 is 0.903 bits per heavy atom. The fourth-order valence-corrected chi connectivity index (χ4v) is 3.25. The van der Waals surface area contributed by atoms with Crippen molar-refractivity contribution >= 4 is 50.2 Å². The third-order valence-corrected chi connectivity index (χ3v) is 4.84. The standard InChI is InChI=1S/C23H21BrN2O5/c1-15-10-18(24)7-9-20(15)26-21(27)12-25-22(28)13-31-23(29)14-30-19-8-6-16-4-2-3-5-17(16)11-19/h2-11H,12-14H2,1H3,(H,25,28)(H,26,27). The Kier molecular flexibility index (Phi) is 7.61. The van der Waals surface area contributed by atoms with Gasteiger partial charge in [-0.3, -0.25) is 9.59 Å². The van der Waals surface area contributed by atoms with E-state index in [-0.39, 0.29) is 19.1 Å². The molecule has 0 atom stereocenters. The summed E-state index contributed by atoms with van der Waals surface area (Å²) in [5.41, 5.74) is 1.54. The first-order chi connectivity index (χ1) is 14.9. The predicted molar refractivity (Wildman–Crippen MR) is 121 cm³/mol. The zero-order chi connectivity index (χ0) is 22.2. The smallest absolute Gasteiger partial charge is 0.344 e. The lowest BCUT2D eigenvalue weighted by Gasteiger charge is -2.10. The molecule has 0 saturated heterocycles. The van der Waals surface area contributed by atoms with Gasteiger partial charge in [-0.1, -0.05) is 46.3 Å². The van der Waals surface area contributed by atoms with Crippen molar-refractivity contribution in [1.29, 1.82) is 0 Å². The van der Waals surface area contributed by atoms with Crippen LogP contribution < -0.4 is 15.4 Å². The Hall–Kier alpha value is -3.39. The van der Waals surface area contributed by atoms with Crippen LogP contribution in [0.5, 0.6) is 5.75 Å². The van der Waals surface area contributed by atoms with Gasteiger partial charge in [-0.25, -0.2) is 4.79 Å². The number of ether oxygens (including phenoxy) is 2. The van der Waals surface area contributed by atoms with Crippen LogP contribution in [0.2, 0.25) is 0 Å². The van der Waals surface area contributed by atoms with E-state index in [9.17, 15) is 14.4 Å². The number of hydrogen-bond donors (Lipinski definition) is 2. The summed E-state index contributed by atoms with van der Waals surface area (Å²) in [6.07, 6.45) is 0. The molecule has 0 bridgehead atoms. The van der Waals surface area contributed by atoms with Gasteiger partial charge in [-0.15, -0.1) is 0 Å². The maximum absolute atomic E-state index is 12.0. The van der Waals surface area contributed by atoms with Crippen LogP contribution in [-0.4, -0.2) is 37.5 Å². The molecule has 0 fully saturated rings. The topological polar surface area (TPSA) is 93.7 Å². The number of fused-ring (bicyclic) bond motifs is 1. The van der Waals surface area contributed by atoms with Gasteiger partial charge in [0, 0.05) is 10.2 Å². The van der Waals surface area contributed by atoms with E-state index in [0.29, 0.717) is 11.4 Å². The first-order valence-electron chi connectivity index (χ1n) is 9.50. The van der Waals surface area contributed by atoms with Crippen molar-refractivity contribution in [2.75, 3.05) is 25.1 Å². The molecule has 160 valence electrons. The second kappa shape index (κ2) is 10.6. The average molecular weight is 485 g/mol. The molecule has 0 aliphatic rings. The van der Waals surface area contributed by atoms with E-state index in [1.807, 2.05) is 49.4 Å². The summed E-state index contributed by atoms with van der Waals surface area (Å²) < 4.78 is 11.2. The molecule has 8 heteroatoms. The molecule has 0 radical (unpaired) electrons. The minimum atomic E-state index is -0.682. The van der Waals surface area contributed by atoms with Crippen LogP contribution in [0, 0.1) is 6.92 Å². The summed E-state index contributed by atoms with van der Waals surface area (Å²) >= 11 is 3.35. The van der Waals surface area contributed by atoms with Gasteiger partial charge < -0.3 is 20.1 Å². The molecule has 0 aromatic heterocycles. The van der Waals surface area contributed by atoms with Gasteiger partial charge in [-0.2, -0.15) is 0 Å². The highest BCUT2D eigenvalue weighted by atomic mass is 79.9. The van der Waals surface area contributed by atoms with Crippen molar-refractivity contribution < 1.29 is 23.9 Å². The highest BCUT2D eigenvalue weighted by molar-refractivity contribution is 9.10. The molecule has 0 heterocycles. The van der Waals surface area contributed by atoms with Crippen molar-refractivity contribution in [2.45, 2.75) is 6.92 Å². The Bertz CT molecular complexity index is 1120. The molecule has 0 saturated carbocycles. The second-order valence-electron chi connectivity index (χ2n) is 6.74. The lowest BCUT2D eigenvalue weighted by atomic mass is 10.1. The number of carbonyl (C=O) groups is 3. The molecule has 2 N–H and O–H groups in total. The van der Waals surface area contributed by atoms with E-state index in [4.69, 9.17) is 9.47 Å². The summed E-state index contributed by atoms with van der Waals surface area (Å²) in [4.78, 5) is 35.6. The molecular weight excluding hydrogens is 464 g/mol. The summed E-state index contributed by atoms with van der Waals surface area (Å²) in [6, 6.07) is 18.7. The first-order valence-corrected chi connectivity index (χ1v) is 10.3. The average Bonchev–Trinajstić information content (AvgIpc) is 2.76. The fourth-order valence-electron chi connectivity index (χ4n) is 2.78. The number of benzene rings is 3. The maximum atomic E-state index is 12.0. The predicted octanol–water partition coefficient (Wildman–Crippen LogP) is 3.59. The van der Waals surface area contributed by atoms with E-state index >= 15 is 0 Å². The number of nitrogens with one attached hydrogen (secondary N) is 2. The minimum Gasteiger partial charge on any atom is -0.482 e. The van der Waals surface area contributed by atoms with Crippen molar-refractivity contribution in [1.82, 2.24) is 5.32 Å². The van der Waals surface area contributed by atoms with Crippen molar-refractivity contribution in [3.8, 4) is 5.75 Å². The number of esters is 1. The zero-order valence-corrected chi connectivity index (χ0v) is 18.4. The summed E-state index contributed by atoms with van der Waals surface area (Å²) in [7, 11) is 0. The minimum absolute atomic E-state index is 0.237. The van der Waals surface area contributed by atoms with Crippen LogP contribution in [0.1, 0.15) is 5.56 Å². The van der Waals surface area contributed by atoms with E-state index in [0.717, 1.165) is 20.8 Å². The lowest BCUT2D eigenvalue weighted by molar-refractivity contribution is -0.150. The third-order valence-electron chi connectivity index (χ3n) is 4.35. The van der Waals surface area contributed by atoms with Crippen molar-refractivity contribution in [2.24, 2.45) is 0 Å². The quantitative estimate of drug-likeness (QED) is 0.476. The SMILES string of the molecule is Cc1cc(Br)ccc1NC(=O)CNC(=O)COC(=O)COc1ccc2ccccc2c1. The second-order valence-corrected chi connectivity index (χ2v) is 7.66. The van der Waals surface area contributed by atoms with Gasteiger partial charge in [0.25, 0.3) is 5.91 Å². The van der Waals surface area contributed by atoms with Gasteiger partial charge >= 0.3 is 5.97 Å². The molecule has 0 unspecified atom stereocenters. The Balaban J connectivity index is 1.36. The van der Waals surface area contributed by atoms with Crippen LogP contribution in [0.3, 0.4) is 0 Å². The van der Waals surface area contributed by atoms with Crippen LogP contribution in [-0.2, 0) is 19.1 Å². The lowest BCUT2D eigenvalue weighted by Crippen LogP contribution is -2.36. The van der Waals surface area contributed by atoms with Gasteiger partial charge in [0.2, 0.25) is 5.91 Å². The number of rotatable bonds is 8. The van der Waals surface area contributed by atoms with Gasteiger partial charge in [-0.05, 0) is 53.6 Å². The highest BCUT2D eigenvalue weighted by Crippen LogP contribution is 2.21. The van der Waals surface area contributed by atoms with Gasteiger partial charge in [0.1, 0.15) is 5.75 Å². The normalized spacial score (nSPS) is 10.4. The first kappa shape index (κ1) is 22.3. The number of hydrogen-bond acceptors (Lipinski definition) is 5. The fraction of sp³-hybridized carbons (Fsp3) is 0.174. The van der Waals surface area contributed by atoms with Gasteiger partial charge in [0.05, 0.1) is 6.54 Å². The number of carbonyl (C=O) groups excluding carboxylic acids is 3. The summed E-state index contributed by atoms with van der Waals surface area (Å²) in [5, 5.41) is 7.16. The Morgan fingerprint density at radius 3 is 2.45 bits per heavy atom. The largest absolute Gasteiger partial charge is 0.482 e. The maximum Gasteiger partial charge on any atom is 0.344 e. The monoisotopic (exact) mass is 484 g/mol. The molecule has 7 nitrogen and oxygen atoms in total. The van der Waals surface area contributed by atoms with Gasteiger partial charge in [0.15, 0.2) is 13.2 Å².